The summed E-state index contributed by atoms with van der Waals surface area (Å²) in [6, 6.07) is 7.47. The van der Waals surface area contributed by atoms with Crippen molar-refractivity contribution in [2.24, 2.45) is 0 Å². The predicted molar refractivity (Wildman–Crippen MR) is 101 cm³/mol. The Bertz CT molecular complexity index is 1160. The Labute approximate surface area is 160 Å². The first-order chi connectivity index (χ1) is 13.7. The number of nitrogens with one attached hydrogen (secondary N) is 1. The maximum atomic E-state index is 13.0. The first-order valence-corrected chi connectivity index (χ1v) is 9.20. The molecule has 0 bridgehead atoms. The summed E-state index contributed by atoms with van der Waals surface area (Å²) in [5.74, 6) is 0.912. The summed E-state index contributed by atoms with van der Waals surface area (Å²) in [4.78, 5) is 21.9. The summed E-state index contributed by atoms with van der Waals surface area (Å²) in [5, 5.41) is 11.9. The van der Waals surface area contributed by atoms with E-state index in [2.05, 4.69) is 25.5 Å². The van der Waals surface area contributed by atoms with Crippen LogP contribution in [-0.4, -0.2) is 30.8 Å². The van der Waals surface area contributed by atoms with Crippen LogP contribution in [0, 0.1) is 6.92 Å². The van der Waals surface area contributed by atoms with Gasteiger partial charge in [-0.25, -0.2) is 14.6 Å². The quantitative estimate of drug-likeness (QED) is 0.577. The molecular formula is C20H18N6O2. The normalized spacial score (nSPS) is 13.8. The van der Waals surface area contributed by atoms with Crippen molar-refractivity contribution in [1.82, 2.24) is 30.2 Å². The lowest BCUT2D eigenvalue weighted by Gasteiger charge is -2.11. The van der Waals surface area contributed by atoms with E-state index in [1.807, 2.05) is 37.4 Å². The molecule has 4 heterocycles. The van der Waals surface area contributed by atoms with Gasteiger partial charge < -0.3 is 9.84 Å². The molecule has 0 spiro atoms. The van der Waals surface area contributed by atoms with E-state index in [4.69, 9.17) is 4.52 Å². The van der Waals surface area contributed by atoms with E-state index < -0.39 is 0 Å². The van der Waals surface area contributed by atoms with Crippen LogP contribution < -0.4 is 5.32 Å². The van der Waals surface area contributed by atoms with Gasteiger partial charge in [0.25, 0.3) is 11.6 Å². The Kier molecular flexibility index (Phi) is 3.89. The van der Waals surface area contributed by atoms with Gasteiger partial charge in [0.1, 0.15) is 0 Å². The topological polar surface area (TPSA) is 98.7 Å². The average Bonchev–Trinajstić information content (AvgIpc) is 3.30. The third kappa shape index (κ3) is 2.92. The summed E-state index contributed by atoms with van der Waals surface area (Å²) >= 11 is 0. The van der Waals surface area contributed by atoms with E-state index in [9.17, 15) is 4.79 Å². The molecule has 4 aromatic rings. The summed E-state index contributed by atoms with van der Waals surface area (Å²) in [5.41, 5.74) is 3.40. The van der Waals surface area contributed by atoms with Gasteiger partial charge in [-0.15, -0.1) is 0 Å². The van der Waals surface area contributed by atoms with Crippen molar-refractivity contribution >= 4 is 17.0 Å². The summed E-state index contributed by atoms with van der Waals surface area (Å²) in [7, 11) is 0. The van der Waals surface area contributed by atoms with Gasteiger partial charge in [-0.1, -0.05) is 11.2 Å². The van der Waals surface area contributed by atoms with Gasteiger partial charge in [-0.3, -0.25) is 4.79 Å². The largest absolute Gasteiger partial charge is 0.348 e. The molecule has 140 valence electrons. The van der Waals surface area contributed by atoms with Crippen molar-refractivity contribution < 1.29 is 9.32 Å². The van der Waals surface area contributed by atoms with Crippen LogP contribution in [0.15, 0.2) is 47.4 Å². The lowest BCUT2D eigenvalue weighted by molar-refractivity contribution is 0.0952. The number of aromatic nitrogens is 5. The number of hydrogen-bond acceptors (Lipinski definition) is 6. The molecule has 1 saturated carbocycles. The first-order valence-electron chi connectivity index (χ1n) is 9.20. The van der Waals surface area contributed by atoms with Crippen LogP contribution in [0.3, 0.4) is 0 Å². The fraction of sp³-hybridized carbons (Fsp3) is 0.250. The van der Waals surface area contributed by atoms with Crippen LogP contribution in [0.2, 0.25) is 0 Å². The number of carbonyl (C=O) groups is 1. The SMILES string of the molecule is Cc1noc2nc(C3CC3)cc(C(=O)NCc3cccnc3-n3cccn3)c12. The van der Waals surface area contributed by atoms with Crippen LogP contribution >= 0.6 is 0 Å². The van der Waals surface area contributed by atoms with Crippen LogP contribution in [0.1, 0.15) is 46.1 Å². The second kappa shape index (κ2) is 6.56. The van der Waals surface area contributed by atoms with E-state index in [-0.39, 0.29) is 5.91 Å². The van der Waals surface area contributed by atoms with Gasteiger partial charge in [0, 0.05) is 42.3 Å². The molecule has 1 aliphatic rings. The third-order valence-electron chi connectivity index (χ3n) is 4.91. The Morgan fingerprint density at radius 2 is 2.21 bits per heavy atom. The van der Waals surface area contributed by atoms with Gasteiger partial charge in [0.05, 0.1) is 16.6 Å². The molecule has 1 amide bonds. The summed E-state index contributed by atoms with van der Waals surface area (Å²) in [6.45, 7) is 2.15. The van der Waals surface area contributed by atoms with Gasteiger partial charge in [-0.05, 0) is 38.0 Å². The van der Waals surface area contributed by atoms with Crippen LogP contribution in [-0.2, 0) is 6.54 Å². The van der Waals surface area contributed by atoms with Crippen LogP contribution in [0.4, 0.5) is 0 Å². The number of hydrogen-bond donors (Lipinski definition) is 1. The monoisotopic (exact) mass is 374 g/mol. The predicted octanol–water partition coefficient (Wildman–Crippen LogP) is 2.92. The molecule has 5 rings (SSSR count). The van der Waals surface area contributed by atoms with Crippen molar-refractivity contribution in [2.75, 3.05) is 0 Å². The third-order valence-corrected chi connectivity index (χ3v) is 4.91. The van der Waals surface area contributed by atoms with Crippen molar-refractivity contribution in [3.8, 4) is 5.82 Å². The minimum atomic E-state index is -0.184. The molecule has 28 heavy (non-hydrogen) atoms. The molecule has 0 radical (unpaired) electrons. The Morgan fingerprint density at radius 1 is 1.32 bits per heavy atom. The second-order valence-electron chi connectivity index (χ2n) is 6.94. The zero-order valence-electron chi connectivity index (χ0n) is 15.3. The highest BCUT2D eigenvalue weighted by atomic mass is 16.5. The Morgan fingerprint density at radius 3 is 3.00 bits per heavy atom. The summed E-state index contributed by atoms with van der Waals surface area (Å²) < 4.78 is 7.01. The second-order valence-corrected chi connectivity index (χ2v) is 6.94. The van der Waals surface area contributed by atoms with E-state index >= 15 is 0 Å². The molecule has 1 aliphatic carbocycles. The number of amides is 1. The van der Waals surface area contributed by atoms with Gasteiger partial charge in [0.2, 0.25) is 0 Å². The fourth-order valence-electron chi connectivity index (χ4n) is 3.32. The molecule has 0 atom stereocenters. The molecular weight excluding hydrogens is 356 g/mol. The van der Waals surface area contributed by atoms with E-state index in [1.54, 1.807) is 17.1 Å². The van der Waals surface area contributed by atoms with Crippen molar-refractivity contribution in [3.63, 3.8) is 0 Å². The zero-order chi connectivity index (χ0) is 19.1. The van der Waals surface area contributed by atoms with E-state index in [0.29, 0.717) is 40.6 Å². The molecule has 0 aliphatic heterocycles. The van der Waals surface area contributed by atoms with Crippen LogP contribution in [0.5, 0.6) is 0 Å². The number of pyridine rings is 2. The molecule has 1 fully saturated rings. The molecule has 0 aromatic carbocycles. The maximum absolute atomic E-state index is 13.0. The number of rotatable bonds is 5. The maximum Gasteiger partial charge on any atom is 0.259 e. The first kappa shape index (κ1) is 16.6. The standard InChI is InChI=1S/C20H18N6O2/c1-12-17-15(10-16(13-5-6-13)24-20(17)28-25-12)19(27)22-11-14-4-2-7-21-18(14)26-9-3-8-23-26/h2-4,7-10,13H,5-6,11H2,1H3,(H,22,27). The molecule has 0 unspecified atom stereocenters. The zero-order valence-corrected chi connectivity index (χ0v) is 15.3. The minimum Gasteiger partial charge on any atom is -0.348 e. The van der Waals surface area contributed by atoms with E-state index in [1.165, 1.54) is 0 Å². The summed E-state index contributed by atoms with van der Waals surface area (Å²) in [6.07, 6.45) is 7.41. The highest BCUT2D eigenvalue weighted by Crippen LogP contribution is 2.40. The van der Waals surface area contributed by atoms with Gasteiger partial charge in [0.15, 0.2) is 5.82 Å². The lowest BCUT2D eigenvalue weighted by Crippen LogP contribution is -2.24. The molecule has 8 nitrogen and oxygen atoms in total. The Balaban J connectivity index is 1.45. The lowest BCUT2D eigenvalue weighted by atomic mass is 10.1. The number of aryl methyl sites for hydroxylation is 1. The van der Waals surface area contributed by atoms with Gasteiger partial charge >= 0.3 is 0 Å². The molecule has 8 heteroatoms. The average molecular weight is 374 g/mol. The highest BCUT2D eigenvalue weighted by molar-refractivity contribution is 6.06. The van der Waals surface area contributed by atoms with Crippen molar-refractivity contribution in [3.05, 3.63) is 65.4 Å². The van der Waals surface area contributed by atoms with E-state index in [0.717, 1.165) is 24.1 Å². The minimum absolute atomic E-state index is 0.184. The Hall–Kier alpha value is -3.55. The van der Waals surface area contributed by atoms with Crippen LogP contribution in [0.25, 0.3) is 16.9 Å². The smallest absolute Gasteiger partial charge is 0.259 e. The molecule has 4 aromatic heterocycles. The number of nitrogens with zero attached hydrogens (tertiary/aromatic N) is 5. The number of fused-ring (bicyclic) bond motifs is 1. The number of carbonyl (C=O) groups excluding carboxylic acids is 1. The van der Waals surface area contributed by atoms with Crippen molar-refractivity contribution in [1.29, 1.82) is 0 Å². The van der Waals surface area contributed by atoms with Gasteiger partial charge in [-0.2, -0.15) is 5.10 Å². The van der Waals surface area contributed by atoms with Crippen molar-refractivity contribution in [2.45, 2.75) is 32.2 Å². The highest BCUT2D eigenvalue weighted by Gasteiger charge is 2.28. The molecule has 0 saturated heterocycles. The molecule has 1 N–H and O–H groups in total. The fourth-order valence-corrected chi connectivity index (χ4v) is 3.32.